The van der Waals surface area contributed by atoms with Gasteiger partial charge in [0, 0.05) is 43.9 Å². The number of carbonyl (C=O) groups is 1. The number of amides is 1. The first kappa shape index (κ1) is 21.7. The minimum Gasteiger partial charge on any atom is -0.377 e. The topological polar surface area (TPSA) is 139 Å². The lowest BCUT2D eigenvalue weighted by molar-refractivity contribution is -0.384. The van der Waals surface area contributed by atoms with Crippen molar-refractivity contribution in [3.63, 3.8) is 0 Å². The maximum absolute atomic E-state index is 13.2. The fourth-order valence-electron chi connectivity index (χ4n) is 3.83. The first-order chi connectivity index (χ1) is 15.8. The Hall–Kier alpha value is -3.16. The number of nitrogens with one attached hydrogen (secondary N) is 1. The second kappa shape index (κ2) is 8.32. The van der Waals surface area contributed by atoms with E-state index in [1.165, 1.54) is 21.3 Å². The van der Waals surface area contributed by atoms with Crippen LogP contribution in [0.3, 0.4) is 0 Å². The molecule has 1 saturated heterocycles. The molecule has 2 fully saturated rings. The number of sulfonamides is 1. The van der Waals surface area contributed by atoms with E-state index in [0.29, 0.717) is 16.7 Å². The van der Waals surface area contributed by atoms with Gasteiger partial charge in [0.1, 0.15) is 21.6 Å². The highest BCUT2D eigenvalue weighted by atomic mass is 32.2. The summed E-state index contributed by atoms with van der Waals surface area (Å²) in [6.45, 7) is 0.593. The number of nitrogens with zero attached hydrogens (tertiary/aromatic N) is 5. The van der Waals surface area contributed by atoms with Gasteiger partial charge in [-0.15, -0.1) is 0 Å². The Balaban J connectivity index is 1.31. The van der Waals surface area contributed by atoms with Gasteiger partial charge in [-0.1, -0.05) is 6.07 Å². The van der Waals surface area contributed by atoms with Crippen molar-refractivity contribution in [1.82, 2.24) is 18.0 Å². The molecule has 1 saturated carbocycles. The molecule has 33 heavy (non-hydrogen) atoms. The molecule has 1 aromatic heterocycles. The van der Waals surface area contributed by atoms with Crippen molar-refractivity contribution in [3.05, 3.63) is 52.1 Å². The zero-order valence-electron chi connectivity index (χ0n) is 17.4. The normalized spacial score (nSPS) is 17.3. The molecular formula is C20H20N6O5S2. The fraction of sp³-hybridized carbons (Fsp3) is 0.350. The number of aromatic nitrogens is 2. The zero-order chi connectivity index (χ0) is 23.2. The standard InChI is InChI=1S/C20H20N6O5S2/c27-20(13-4-7-15(21-14-5-6-14)17(12-13)26(28)29)24-8-10-25(11-9-24)33(30,31)18-3-1-2-16-19(18)23-32-22-16/h1-4,7,12,14,21H,5-6,8-11H2. The van der Waals surface area contributed by atoms with Gasteiger partial charge in [0.05, 0.1) is 16.7 Å². The molecule has 11 nitrogen and oxygen atoms in total. The Kier molecular flexibility index (Phi) is 5.46. The van der Waals surface area contributed by atoms with E-state index < -0.39 is 14.9 Å². The van der Waals surface area contributed by atoms with Gasteiger partial charge in [0.25, 0.3) is 11.6 Å². The highest BCUT2D eigenvalue weighted by Gasteiger charge is 2.33. The van der Waals surface area contributed by atoms with Crippen molar-refractivity contribution >= 4 is 50.1 Å². The fourth-order valence-corrected chi connectivity index (χ4v) is 6.00. The molecule has 0 spiro atoms. The van der Waals surface area contributed by atoms with Crippen LogP contribution in [0, 0.1) is 10.1 Å². The molecule has 1 aliphatic carbocycles. The van der Waals surface area contributed by atoms with Crippen LogP contribution in [0.15, 0.2) is 41.3 Å². The maximum Gasteiger partial charge on any atom is 0.293 e. The minimum absolute atomic E-state index is 0.0999. The lowest BCUT2D eigenvalue weighted by atomic mass is 10.1. The van der Waals surface area contributed by atoms with Crippen molar-refractivity contribution in [1.29, 1.82) is 0 Å². The van der Waals surface area contributed by atoms with Crippen LogP contribution >= 0.6 is 11.7 Å². The number of nitro groups is 1. The number of anilines is 1. The lowest BCUT2D eigenvalue weighted by Gasteiger charge is -2.34. The first-order valence-electron chi connectivity index (χ1n) is 10.4. The molecule has 1 N–H and O–H groups in total. The monoisotopic (exact) mass is 488 g/mol. The minimum atomic E-state index is -3.80. The molecule has 2 heterocycles. The molecule has 2 aromatic carbocycles. The van der Waals surface area contributed by atoms with Crippen molar-refractivity contribution < 1.29 is 18.1 Å². The van der Waals surface area contributed by atoms with E-state index in [1.54, 1.807) is 24.3 Å². The van der Waals surface area contributed by atoms with Crippen LogP contribution in [-0.4, -0.2) is 69.4 Å². The Bertz CT molecular complexity index is 1350. The van der Waals surface area contributed by atoms with Gasteiger partial charge < -0.3 is 10.2 Å². The third-order valence-corrected chi connectivity index (χ3v) is 8.24. The van der Waals surface area contributed by atoms with Gasteiger partial charge in [-0.2, -0.15) is 13.1 Å². The van der Waals surface area contributed by atoms with Crippen LogP contribution in [0.25, 0.3) is 11.0 Å². The van der Waals surface area contributed by atoms with Gasteiger partial charge in [-0.05, 0) is 37.1 Å². The second-order valence-corrected chi connectivity index (χ2v) is 10.4. The van der Waals surface area contributed by atoms with Crippen LogP contribution in [0.2, 0.25) is 0 Å². The number of fused-ring (bicyclic) bond motifs is 1. The second-order valence-electron chi connectivity index (χ2n) is 7.99. The summed E-state index contributed by atoms with van der Waals surface area (Å²) in [6, 6.07) is 9.50. The van der Waals surface area contributed by atoms with Gasteiger partial charge >= 0.3 is 0 Å². The van der Waals surface area contributed by atoms with E-state index in [4.69, 9.17) is 0 Å². The van der Waals surface area contributed by atoms with E-state index in [-0.39, 0.29) is 54.3 Å². The molecule has 5 rings (SSSR count). The summed E-state index contributed by atoms with van der Waals surface area (Å²) in [6.07, 6.45) is 1.94. The molecule has 13 heteroatoms. The number of nitro benzene ring substituents is 1. The smallest absolute Gasteiger partial charge is 0.293 e. The van der Waals surface area contributed by atoms with Crippen molar-refractivity contribution in [2.24, 2.45) is 0 Å². The predicted octanol–water partition coefficient (Wildman–Crippen LogP) is 2.32. The maximum atomic E-state index is 13.2. The van der Waals surface area contributed by atoms with Gasteiger partial charge in [0.15, 0.2) is 0 Å². The van der Waals surface area contributed by atoms with E-state index in [9.17, 15) is 23.3 Å². The van der Waals surface area contributed by atoms with Gasteiger partial charge in [0.2, 0.25) is 10.0 Å². The van der Waals surface area contributed by atoms with Crippen molar-refractivity contribution in [2.75, 3.05) is 31.5 Å². The Morgan fingerprint density at radius 2 is 1.88 bits per heavy atom. The molecule has 0 atom stereocenters. The molecule has 1 amide bonds. The van der Waals surface area contributed by atoms with Crippen molar-refractivity contribution in [3.8, 4) is 0 Å². The molecule has 172 valence electrons. The first-order valence-corrected chi connectivity index (χ1v) is 12.6. The number of hydrogen-bond donors (Lipinski definition) is 1. The highest BCUT2D eigenvalue weighted by Crippen LogP contribution is 2.32. The largest absolute Gasteiger partial charge is 0.377 e. The average molecular weight is 489 g/mol. The highest BCUT2D eigenvalue weighted by molar-refractivity contribution is 7.89. The molecule has 0 radical (unpaired) electrons. The summed E-state index contributed by atoms with van der Waals surface area (Å²) < 4.78 is 35.9. The van der Waals surface area contributed by atoms with E-state index in [2.05, 4.69) is 14.1 Å². The third-order valence-electron chi connectivity index (χ3n) is 5.77. The summed E-state index contributed by atoms with van der Waals surface area (Å²) in [5.41, 5.74) is 1.33. The summed E-state index contributed by atoms with van der Waals surface area (Å²) in [5.74, 6) is -0.362. The number of benzene rings is 2. The van der Waals surface area contributed by atoms with E-state index in [1.807, 2.05) is 0 Å². The summed E-state index contributed by atoms with van der Waals surface area (Å²) in [7, 11) is -3.80. The van der Waals surface area contributed by atoms with Crippen LogP contribution < -0.4 is 5.32 Å². The zero-order valence-corrected chi connectivity index (χ0v) is 19.0. The third kappa shape index (κ3) is 4.14. The van der Waals surface area contributed by atoms with Crippen LogP contribution in [0.4, 0.5) is 11.4 Å². The van der Waals surface area contributed by atoms with E-state index >= 15 is 0 Å². The number of carbonyl (C=O) groups excluding carboxylic acids is 1. The number of piperazine rings is 1. The van der Waals surface area contributed by atoms with Gasteiger partial charge in [-0.25, -0.2) is 8.42 Å². The van der Waals surface area contributed by atoms with Crippen molar-refractivity contribution in [2.45, 2.75) is 23.8 Å². The Morgan fingerprint density at radius 1 is 1.12 bits per heavy atom. The average Bonchev–Trinajstić information content (AvgIpc) is 3.50. The van der Waals surface area contributed by atoms with E-state index in [0.717, 1.165) is 24.6 Å². The van der Waals surface area contributed by atoms with Gasteiger partial charge in [-0.3, -0.25) is 14.9 Å². The molecule has 2 aliphatic rings. The molecular weight excluding hydrogens is 468 g/mol. The summed E-state index contributed by atoms with van der Waals surface area (Å²) in [5, 5.41) is 14.6. The van der Waals surface area contributed by atoms with Crippen LogP contribution in [0.5, 0.6) is 0 Å². The number of hydrogen-bond acceptors (Lipinski definition) is 9. The molecule has 0 unspecified atom stereocenters. The Morgan fingerprint density at radius 3 is 2.58 bits per heavy atom. The SMILES string of the molecule is O=C(c1ccc(NC2CC2)c([N+](=O)[O-])c1)N1CCN(S(=O)(=O)c2cccc3nsnc23)CC1. The molecule has 0 bridgehead atoms. The summed E-state index contributed by atoms with van der Waals surface area (Å²) in [4.78, 5) is 25.6. The lowest BCUT2D eigenvalue weighted by Crippen LogP contribution is -2.50. The number of rotatable bonds is 6. The van der Waals surface area contributed by atoms with Crippen LogP contribution in [-0.2, 0) is 10.0 Å². The Labute approximate surface area is 193 Å². The molecule has 1 aliphatic heterocycles. The summed E-state index contributed by atoms with van der Waals surface area (Å²) >= 11 is 0.954. The molecule has 3 aromatic rings. The predicted molar refractivity (Wildman–Crippen MR) is 122 cm³/mol. The van der Waals surface area contributed by atoms with Crippen LogP contribution in [0.1, 0.15) is 23.2 Å². The quantitative estimate of drug-likeness (QED) is 0.412.